The van der Waals surface area contributed by atoms with Crippen molar-refractivity contribution in [1.29, 1.82) is 0 Å². The summed E-state index contributed by atoms with van der Waals surface area (Å²) in [5.74, 6) is 0. The predicted molar refractivity (Wildman–Crippen MR) is 73.4 cm³/mol. The summed E-state index contributed by atoms with van der Waals surface area (Å²) in [6.07, 6.45) is 6.81. The van der Waals surface area contributed by atoms with Crippen LogP contribution in [0.4, 0.5) is 0 Å². The van der Waals surface area contributed by atoms with Gasteiger partial charge in [-0.1, -0.05) is 6.92 Å². The number of nitrogens with zero attached hydrogens (tertiary/aromatic N) is 2. The van der Waals surface area contributed by atoms with E-state index in [1.54, 1.807) is 0 Å². The molecule has 0 aromatic rings. The first kappa shape index (κ1) is 13.3. The van der Waals surface area contributed by atoms with E-state index in [-0.39, 0.29) is 0 Å². The summed E-state index contributed by atoms with van der Waals surface area (Å²) in [7, 11) is 2.36. The first-order valence-corrected chi connectivity index (χ1v) is 7.46. The lowest BCUT2D eigenvalue weighted by atomic mass is 9.99. The Balaban J connectivity index is 1.80. The largest absolute Gasteiger partial charge is 0.317 e. The van der Waals surface area contributed by atoms with Gasteiger partial charge >= 0.3 is 0 Å². The molecule has 0 aromatic carbocycles. The summed E-state index contributed by atoms with van der Waals surface area (Å²) in [4.78, 5) is 5.28. The third-order valence-corrected chi connectivity index (χ3v) is 4.70. The lowest BCUT2D eigenvalue weighted by Gasteiger charge is -2.40. The van der Waals surface area contributed by atoms with Crippen LogP contribution in [0.2, 0.25) is 0 Å². The van der Waals surface area contributed by atoms with Gasteiger partial charge < -0.3 is 15.1 Å². The number of hydrogen-bond donors (Lipinski definition) is 1. The average molecular weight is 239 g/mol. The lowest BCUT2D eigenvalue weighted by molar-refractivity contribution is 0.0930. The molecular weight excluding hydrogens is 210 g/mol. The molecule has 2 heterocycles. The van der Waals surface area contributed by atoms with Crippen molar-refractivity contribution in [2.75, 3.05) is 39.8 Å². The topological polar surface area (TPSA) is 18.5 Å². The third kappa shape index (κ3) is 3.67. The predicted octanol–water partition coefficient (Wildman–Crippen LogP) is 1.54. The molecule has 3 heteroatoms. The Hall–Kier alpha value is -0.120. The molecule has 17 heavy (non-hydrogen) atoms. The van der Waals surface area contributed by atoms with E-state index in [1.807, 2.05) is 0 Å². The molecule has 1 N–H and O–H groups in total. The van der Waals surface area contributed by atoms with E-state index >= 15 is 0 Å². The Labute approximate surface area is 107 Å². The zero-order valence-corrected chi connectivity index (χ0v) is 11.6. The van der Waals surface area contributed by atoms with E-state index in [0.29, 0.717) is 0 Å². The molecule has 2 aliphatic heterocycles. The Morgan fingerprint density at radius 3 is 2.47 bits per heavy atom. The van der Waals surface area contributed by atoms with E-state index in [4.69, 9.17) is 0 Å². The zero-order chi connectivity index (χ0) is 12.1. The second-order valence-corrected chi connectivity index (χ2v) is 5.67. The molecular formula is C14H29N3. The minimum absolute atomic E-state index is 0.822. The second kappa shape index (κ2) is 6.72. The fraction of sp³-hybridized carbons (Fsp3) is 1.00. The molecule has 0 spiro atoms. The normalized spacial score (nSPS) is 29.5. The maximum Gasteiger partial charge on any atom is 0.0119 e. The number of hydrogen-bond acceptors (Lipinski definition) is 3. The SMILES string of the molecule is CCN1CCC(N(C)C2CCCNCC2)CC1. The molecule has 0 bridgehead atoms. The Kier molecular flexibility index (Phi) is 5.26. The summed E-state index contributed by atoms with van der Waals surface area (Å²) in [6.45, 7) is 8.54. The molecule has 1 unspecified atom stereocenters. The van der Waals surface area contributed by atoms with Gasteiger partial charge in [-0.25, -0.2) is 0 Å². The van der Waals surface area contributed by atoms with Gasteiger partial charge in [-0.05, 0) is 71.9 Å². The van der Waals surface area contributed by atoms with Gasteiger partial charge in [-0.15, -0.1) is 0 Å². The monoisotopic (exact) mass is 239 g/mol. The molecule has 2 rings (SSSR count). The zero-order valence-electron chi connectivity index (χ0n) is 11.6. The van der Waals surface area contributed by atoms with Gasteiger partial charge in [0.2, 0.25) is 0 Å². The standard InChI is InChI=1S/C14H29N3/c1-3-17-11-7-14(8-12-17)16(2)13-5-4-9-15-10-6-13/h13-15H,3-12H2,1-2H3. The van der Waals surface area contributed by atoms with Crippen LogP contribution >= 0.6 is 0 Å². The number of piperidine rings is 1. The molecule has 0 aliphatic carbocycles. The Bertz CT molecular complexity index is 204. The molecule has 2 saturated heterocycles. The van der Waals surface area contributed by atoms with Crippen LogP contribution in [0.25, 0.3) is 0 Å². The van der Waals surface area contributed by atoms with Crippen molar-refractivity contribution in [3.63, 3.8) is 0 Å². The Morgan fingerprint density at radius 1 is 1.06 bits per heavy atom. The van der Waals surface area contributed by atoms with Crippen LogP contribution in [0.5, 0.6) is 0 Å². The smallest absolute Gasteiger partial charge is 0.0119 e. The molecule has 0 aromatic heterocycles. The minimum Gasteiger partial charge on any atom is -0.317 e. The van der Waals surface area contributed by atoms with Crippen LogP contribution in [0.15, 0.2) is 0 Å². The van der Waals surface area contributed by atoms with Crippen LogP contribution in [0.1, 0.15) is 39.0 Å². The highest BCUT2D eigenvalue weighted by molar-refractivity contribution is 4.83. The fourth-order valence-electron chi connectivity index (χ4n) is 3.35. The molecule has 2 fully saturated rings. The van der Waals surface area contributed by atoms with Gasteiger partial charge in [0.15, 0.2) is 0 Å². The summed E-state index contributed by atoms with van der Waals surface area (Å²) >= 11 is 0. The molecule has 0 radical (unpaired) electrons. The molecule has 0 saturated carbocycles. The van der Waals surface area contributed by atoms with Crippen LogP contribution in [0, 0.1) is 0 Å². The summed E-state index contributed by atoms with van der Waals surface area (Å²) in [5, 5.41) is 3.52. The van der Waals surface area contributed by atoms with E-state index in [1.165, 1.54) is 64.8 Å². The van der Waals surface area contributed by atoms with Crippen LogP contribution in [-0.2, 0) is 0 Å². The minimum atomic E-state index is 0.822. The first-order chi connectivity index (χ1) is 8.31. The van der Waals surface area contributed by atoms with Gasteiger partial charge in [-0.2, -0.15) is 0 Å². The van der Waals surface area contributed by atoms with Crippen LogP contribution in [-0.4, -0.2) is 61.7 Å². The number of rotatable bonds is 3. The van der Waals surface area contributed by atoms with Crippen molar-refractivity contribution in [3.8, 4) is 0 Å². The third-order valence-electron chi connectivity index (χ3n) is 4.70. The number of nitrogens with one attached hydrogen (secondary N) is 1. The first-order valence-electron chi connectivity index (χ1n) is 7.46. The molecule has 100 valence electrons. The van der Waals surface area contributed by atoms with E-state index in [2.05, 4.69) is 29.1 Å². The van der Waals surface area contributed by atoms with Crippen LogP contribution < -0.4 is 5.32 Å². The van der Waals surface area contributed by atoms with Crippen LogP contribution in [0.3, 0.4) is 0 Å². The van der Waals surface area contributed by atoms with Crippen molar-refractivity contribution >= 4 is 0 Å². The van der Waals surface area contributed by atoms with Crippen molar-refractivity contribution in [2.45, 2.75) is 51.1 Å². The van der Waals surface area contributed by atoms with Gasteiger partial charge in [-0.3, -0.25) is 0 Å². The maximum absolute atomic E-state index is 3.52. The summed E-state index contributed by atoms with van der Waals surface area (Å²) < 4.78 is 0. The van der Waals surface area contributed by atoms with Gasteiger partial charge in [0, 0.05) is 12.1 Å². The Morgan fingerprint density at radius 2 is 1.76 bits per heavy atom. The summed E-state index contributed by atoms with van der Waals surface area (Å²) in [6, 6.07) is 1.66. The van der Waals surface area contributed by atoms with E-state index in [9.17, 15) is 0 Å². The molecule has 0 amide bonds. The highest BCUT2D eigenvalue weighted by Gasteiger charge is 2.26. The summed E-state index contributed by atoms with van der Waals surface area (Å²) in [5.41, 5.74) is 0. The second-order valence-electron chi connectivity index (χ2n) is 5.67. The maximum atomic E-state index is 3.52. The van der Waals surface area contributed by atoms with E-state index in [0.717, 1.165) is 12.1 Å². The highest BCUT2D eigenvalue weighted by atomic mass is 15.2. The van der Waals surface area contributed by atoms with Gasteiger partial charge in [0.25, 0.3) is 0 Å². The fourth-order valence-corrected chi connectivity index (χ4v) is 3.35. The van der Waals surface area contributed by atoms with Gasteiger partial charge in [0.05, 0.1) is 0 Å². The molecule has 1 atom stereocenters. The molecule has 3 nitrogen and oxygen atoms in total. The van der Waals surface area contributed by atoms with Crippen molar-refractivity contribution in [3.05, 3.63) is 0 Å². The highest BCUT2D eigenvalue weighted by Crippen LogP contribution is 2.21. The van der Waals surface area contributed by atoms with Crippen molar-refractivity contribution in [1.82, 2.24) is 15.1 Å². The quantitative estimate of drug-likeness (QED) is 0.806. The average Bonchev–Trinajstić information content (AvgIpc) is 2.67. The van der Waals surface area contributed by atoms with Gasteiger partial charge in [0.1, 0.15) is 0 Å². The van der Waals surface area contributed by atoms with Crippen molar-refractivity contribution < 1.29 is 0 Å². The lowest BCUT2D eigenvalue weighted by Crippen LogP contribution is -2.47. The molecule has 2 aliphatic rings. The van der Waals surface area contributed by atoms with Crippen molar-refractivity contribution in [2.24, 2.45) is 0 Å². The number of likely N-dealkylation sites (tertiary alicyclic amines) is 1. The van der Waals surface area contributed by atoms with E-state index < -0.39 is 0 Å².